The van der Waals surface area contributed by atoms with Crippen molar-refractivity contribution in [3.63, 3.8) is 0 Å². The smallest absolute Gasteiger partial charge is 0.150 e. The number of H-pyrrole nitrogens is 1. The Morgan fingerprint density at radius 1 is 1.29 bits per heavy atom. The number of aliphatic imine (C=N–C) groups is 1. The summed E-state index contributed by atoms with van der Waals surface area (Å²) in [5.74, 6) is 0. The van der Waals surface area contributed by atoms with Crippen molar-refractivity contribution in [1.82, 2.24) is 15.1 Å². The molecule has 0 spiro atoms. The largest absolute Gasteiger partial charge is 0.389 e. The summed E-state index contributed by atoms with van der Waals surface area (Å²) in [6, 6.07) is 7.68. The zero-order chi connectivity index (χ0) is 17.3. The molecule has 0 saturated heterocycles. The molecule has 1 aromatic heterocycles. The fraction of sp³-hybridized carbons (Fsp3) is 0.333. The Bertz CT molecular complexity index is 771. The van der Waals surface area contributed by atoms with Crippen LogP contribution in [-0.2, 0) is 0 Å². The van der Waals surface area contributed by atoms with Gasteiger partial charge in [0.1, 0.15) is 0 Å². The predicted molar refractivity (Wildman–Crippen MR) is 97.0 cm³/mol. The maximum Gasteiger partial charge on any atom is 0.150 e. The molecular formula is C18H21ClN4O. The first-order valence-corrected chi connectivity index (χ1v) is 8.21. The van der Waals surface area contributed by atoms with E-state index in [4.69, 9.17) is 11.6 Å². The molecule has 1 atom stereocenters. The van der Waals surface area contributed by atoms with Crippen LogP contribution in [0.5, 0.6) is 0 Å². The average Bonchev–Trinajstić information content (AvgIpc) is 2.93. The van der Waals surface area contributed by atoms with Gasteiger partial charge in [0.15, 0.2) is 6.17 Å². The molecule has 2 N–H and O–H groups in total. The zero-order valence-electron chi connectivity index (χ0n) is 14.0. The molecule has 0 radical (unpaired) electrons. The Balaban J connectivity index is 2.03. The van der Waals surface area contributed by atoms with Crippen molar-refractivity contribution < 1.29 is 5.11 Å². The second-order valence-electron chi connectivity index (χ2n) is 6.62. The van der Waals surface area contributed by atoms with Crippen LogP contribution >= 0.6 is 11.6 Å². The second kappa shape index (κ2) is 6.42. The number of aryl methyl sites for hydroxylation is 1. The number of rotatable bonds is 4. The number of hydrogen-bond acceptors (Lipinski definition) is 4. The Hall–Kier alpha value is -2.11. The molecule has 6 heteroatoms. The van der Waals surface area contributed by atoms with E-state index < -0.39 is 5.60 Å². The van der Waals surface area contributed by atoms with E-state index in [1.807, 2.05) is 43.5 Å². The average molecular weight is 345 g/mol. The summed E-state index contributed by atoms with van der Waals surface area (Å²) < 4.78 is 0. The molecule has 2 heterocycles. The maximum absolute atomic E-state index is 10.4. The molecule has 5 nitrogen and oxygen atoms in total. The standard InChI is InChI=1S/C18H21ClN4O/c1-12-15(10-21-22-12)17-20-9-8-16(23(17)11-18(2,3)24)13-4-6-14(19)7-5-13/h4-10,17,24H,11H2,1-3H3,(H,21,22). The van der Waals surface area contributed by atoms with E-state index in [0.717, 1.165) is 22.5 Å². The highest BCUT2D eigenvalue weighted by Gasteiger charge is 2.30. The first-order chi connectivity index (χ1) is 11.3. The van der Waals surface area contributed by atoms with Crippen LogP contribution in [0.2, 0.25) is 5.02 Å². The lowest BCUT2D eigenvalue weighted by molar-refractivity contribution is 0.0431. The van der Waals surface area contributed by atoms with Crippen molar-refractivity contribution in [1.29, 1.82) is 0 Å². The number of benzene rings is 1. The SMILES string of the molecule is Cc1[nH]ncc1C1N=CC=C(c2ccc(Cl)cc2)N1CC(C)(C)O. The molecule has 1 aliphatic rings. The van der Waals surface area contributed by atoms with Gasteiger partial charge in [0, 0.05) is 34.7 Å². The minimum absolute atomic E-state index is 0.231. The van der Waals surface area contributed by atoms with Crippen LogP contribution in [0, 0.1) is 6.92 Å². The summed E-state index contributed by atoms with van der Waals surface area (Å²) in [6.07, 6.45) is 5.33. The van der Waals surface area contributed by atoms with Gasteiger partial charge in [-0.05, 0) is 44.5 Å². The van der Waals surface area contributed by atoms with Gasteiger partial charge >= 0.3 is 0 Å². The summed E-state index contributed by atoms with van der Waals surface area (Å²) in [5.41, 5.74) is 3.12. The number of nitrogens with one attached hydrogen (secondary N) is 1. The summed E-state index contributed by atoms with van der Waals surface area (Å²) >= 11 is 6.01. The lowest BCUT2D eigenvalue weighted by Gasteiger charge is -2.38. The first kappa shape index (κ1) is 16.7. The third-order valence-electron chi connectivity index (χ3n) is 3.91. The van der Waals surface area contributed by atoms with Crippen molar-refractivity contribution in [2.75, 3.05) is 6.54 Å². The fourth-order valence-corrected chi connectivity index (χ4v) is 2.97. The molecule has 0 fully saturated rings. The van der Waals surface area contributed by atoms with E-state index in [2.05, 4.69) is 20.1 Å². The molecule has 0 bridgehead atoms. The molecule has 0 saturated carbocycles. The van der Waals surface area contributed by atoms with E-state index in [1.165, 1.54) is 0 Å². The highest BCUT2D eigenvalue weighted by atomic mass is 35.5. The fourth-order valence-electron chi connectivity index (χ4n) is 2.84. The Kier molecular flexibility index (Phi) is 4.47. The molecule has 0 amide bonds. The van der Waals surface area contributed by atoms with E-state index in [9.17, 15) is 5.11 Å². The van der Waals surface area contributed by atoms with Gasteiger partial charge in [0.2, 0.25) is 0 Å². The second-order valence-corrected chi connectivity index (χ2v) is 7.06. The van der Waals surface area contributed by atoms with E-state index in [-0.39, 0.29) is 6.17 Å². The number of aliphatic hydroxyl groups is 1. The summed E-state index contributed by atoms with van der Waals surface area (Å²) in [5, 5.41) is 18.2. The molecular weight excluding hydrogens is 324 g/mol. The highest BCUT2D eigenvalue weighted by Crippen LogP contribution is 2.35. The molecule has 1 unspecified atom stereocenters. The number of aromatic amines is 1. The van der Waals surface area contributed by atoms with Crippen LogP contribution in [0.3, 0.4) is 0 Å². The van der Waals surface area contributed by atoms with E-state index in [0.29, 0.717) is 11.6 Å². The zero-order valence-corrected chi connectivity index (χ0v) is 14.7. The summed E-state index contributed by atoms with van der Waals surface area (Å²) in [4.78, 5) is 6.72. The molecule has 2 aromatic rings. The van der Waals surface area contributed by atoms with Crippen molar-refractivity contribution in [3.8, 4) is 0 Å². The van der Waals surface area contributed by atoms with Crippen LogP contribution in [0.25, 0.3) is 5.70 Å². The van der Waals surface area contributed by atoms with Gasteiger partial charge in [-0.2, -0.15) is 5.10 Å². The number of β-amino-alcohol motifs (C(OH)–C–C–N with tert-alkyl or cyclic N) is 1. The number of halogens is 1. The molecule has 0 aliphatic carbocycles. The topological polar surface area (TPSA) is 64.5 Å². The van der Waals surface area contributed by atoms with Crippen LogP contribution in [0.1, 0.15) is 36.8 Å². The monoisotopic (exact) mass is 344 g/mol. The van der Waals surface area contributed by atoms with Crippen molar-refractivity contribution in [2.45, 2.75) is 32.5 Å². The van der Waals surface area contributed by atoms with E-state index >= 15 is 0 Å². The molecule has 24 heavy (non-hydrogen) atoms. The minimum Gasteiger partial charge on any atom is -0.389 e. The lowest BCUT2D eigenvalue weighted by atomic mass is 10.0. The summed E-state index contributed by atoms with van der Waals surface area (Å²) in [7, 11) is 0. The van der Waals surface area contributed by atoms with Gasteiger partial charge in [-0.15, -0.1) is 0 Å². The van der Waals surface area contributed by atoms with Crippen molar-refractivity contribution in [3.05, 3.63) is 58.4 Å². The number of hydrogen-bond donors (Lipinski definition) is 2. The number of nitrogens with zero attached hydrogens (tertiary/aromatic N) is 3. The predicted octanol–water partition coefficient (Wildman–Crippen LogP) is 3.57. The third kappa shape index (κ3) is 3.52. The van der Waals surface area contributed by atoms with Gasteiger partial charge < -0.3 is 10.0 Å². The number of allylic oxidation sites excluding steroid dienone is 1. The third-order valence-corrected chi connectivity index (χ3v) is 4.16. The Morgan fingerprint density at radius 2 is 2.00 bits per heavy atom. The minimum atomic E-state index is -0.867. The van der Waals surface area contributed by atoms with Crippen LogP contribution in [-0.4, -0.2) is 38.6 Å². The van der Waals surface area contributed by atoms with Gasteiger partial charge in [-0.25, -0.2) is 0 Å². The first-order valence-electron chi connectivity index (χ1n) is 7.83. The van der Waals surface area contributed by atoms with Gasteiger partial charge in [0.05, 0.1) is 11.8 Å². The molecule has 1 aliphatic heterocycles. The maximum atomic E-state index is 10.4. The van der Waals surface area contributed by atoms with E-state index in [1.54, 1.807) is 20.0 Å². The molecule has 1 aromatic carbocycles. The Morgan fingerprint density at radius 3 is 2.58 bits per heavy atom. The van der Waals surface area contributed by atoms with Gasteiger partial charge in [-0.1, -0.05) is 23.7 Å². The number of aromatic nitrogens is 2. The molecule has 126 valence electrons. The van der Waals surface area contributed by atoms with Crippen molar-refractivity contribution in [2.24, 2.45) is 4.99 Å². The van der Waals surface area contributed by atoms with Crippen LogP contribution < -0.4 is 0 Å². The van der Waals surface area contributed by atoms with Crippen molar-refractivity contribution >= 4 is 23.5 Å². The Labute approximate surface area is 146 Å². The van der Waals surface area contributed by atoms with Gasteiger partial charge in [0.25, 0.3) is 0 Å². The highest BCUT2D eigenvalue weighted by molar-refractivity contribution is 6.30. The van der Waals surface area contributed by atoms with Gasteiger partial charge in [-0.3, -0.25) is 10.1 Å². The normalized spacial score (nSPS) is 18.0. The lowest BCUT2D eigenvalue weighted by Crippen LogP contribution is -2.40. The quantitative estimate of drug-likeness (QED) is 0.891. The molecule has 3 rings (SSSR count). The summed E-state index contributed by atoms with van der Waals surface area (Å²) in [6.45, 7) is 6.00. The van der Waals surface area contributed by atoms with Crippen LogP contribution in [0.15, 0.2) is 41.5 Å². The van der Waals surface area contributed by atoms with Crippen LogP contribution in [0.4, 0.5) is 0 Å².